The molecule has 102 valence electrons. The van der Waals surface area contributed by atoms with Gasteiger partial charge in [-0.05, 0) is 32.0 Å². The van der Waals surface area contributed by atoms with Crippen molar-refractivity contribution in [2.75, 3.05) is 6.54 Å². The molecule has 1 aromatic heterocycles. The zero-order valence-electron chi connectivity index (χ0n) is 11.8. The molecule has 2 rings (SSSR count). The molecule has 0 fully saturated rings. The number of rotatable bonds is 6. The molecule has 0 saturated carbocycles. The molecule has 1 aromatic carbocycles. The van der Waals surface area contributed by atoms with Crippen molar-refractivity contribution >= 4 is 0 Å². The summed E-state index contributed by atoms with van der Waals surface area (Å²) < 4.78 is 5.67. The van der Waals surface area contributed by atoms with Crippen LogP contribution in [-0.4, -0.2) is 22.8 Å². The van der Waals surface area contributed by atoms with Crippen LogP contribution in [0.5, 0.6) is 0 Å². The van der Waals surface area contributed by atoms with Gasteiger partial charge in [0.25, 0.3) is 0 Å². The van der Waals surface area contributed by atoms with Gasteiger partial charge >= 0.3 is 0 Å². The average Bonchev–Trinajstić information content (AvgIpc) is 2.84. The highest BCUT2D eigenvalue weighted by molar-refractivity contribution is 5.52. The highest BCUT2D eigenvalue weighted by Crippen LogP contribution is 2.18. The highest BCUT2D eigenvalue weighted by atomic mass is 16.4. The fourth-order valence-corrected chi connectivity index (χ4v) is 1.80. The van der Waals surface area contributed by atoms with Crippen molar-refractivity contribution in [3.8, 4) is 11.5 Å². The molecule has 0 aliphatic carbocycles. The van der Waals surface area contributed by atoms with Crippen LogP contribution in [0.2, 0.25) is 0 Å². The van der Waals surface area contributed by atoms with Crippen LogP contribution in [0.4, 0.5) is 0 Å². The van der Waals surface area contributed by atoms with Crippen LogP contribution in [-0.2, 0) is 6.42 Å². The van der Waals surface area contributed by atoms with Gasteiger partial charge in [0.15, 0.2) is 0 Å². The quantitative estimate of drug-likeness (QED) is 0.810. The SMILES string of the molecule is Cc1ccc(-c2nnc(CCCNC(C)C)o2)cc1. The van der Waals surface area contributed by atoms with Crippen molar-refractivity contribution in [2.24, 2.45) is 0 Å². The molecule has 19 heavy (non-hydrogen) atoms. The molecule has 4 heteroatoms. The van der Waals surface area contributed by atoms with Crippen molar-refractivity contribution < 1.29 is 4.42 Å². The molecule has 0 aliphatic rings. The van der Waals surface area contributed by atoms with Gasteiger partial charge in [-0.1, -0.05) is 31.5 Å². The minimum atomic E-state index is 0.519. The first-order valence-corrected chi connectivity index (χ1v) is 6.78. The molecule has 0 aliphatic heterocycles. The van der Waals surface area contributed by atoms with E-state index in [4.69, 9.17) is 4.42 Å². The van der Waals surface area contributed by atoms with Gasteiger partial charge in [-0.25, -0.2) is 0 Å². The molecule has 0 radical (unpaired) electrons. The summed E-state index contributed by atoms with van der Waals surface area (Å²) in [6.07, 6.45) is 1.83. The van der Waals surface area contributed by atoms with Crippen molar-refractivity contribution in [1.29, 1.82) is 0 Å². The third-order valence-electron chi connectivity index (χ3n) is 2.89. The summed E-state index contributed by atoms with van der Waals surface area (Å²) in [4.78, 5) is 0. The van der Waals surface area contributed by atoms with Crippen LogP contribution >= 0.6 is 0 Å². The van der Waals surface area contributed by atoms with E-state index in [0.29, 0.717) is 17.8 Å². The number of hydrogen-bond acceptors (Lipinski definition) is 4. The maximum Gasteiger partial charge on any atom is 0.247 e. The van der Waals surface area contributed by atoms with Gasteiger partial charge in [0.1, 0.15) is 0 Å². The normalized spacial score (nSPS) is 11.2. The Bertz CT molecular complexity index is 502. The van der Waals surface area contributed by atoms with E-state index in [1.54, 1.807) is 0 Å². The number of benzene rings is 1. The lowest BCUT2D eigenvalue weighted by Crippen LogP contribution is -2.23. The van der Waals surface area contributed by atoms with Gasteiger partial charge in [-0.3, -0.25) is 0 Å². The van der Waals surface area contributed by atoms with Gasteiger partial charge in [-0.2, -0.15) is 0 Å². The van der Waals surface area contributed by atoms with Crippen LogP contribution < -0.4 is 5.32 Å². The van der Waals surface area contributed by atoms with E-state index in [0.717, 1.165) is 24.9 Å². The Labute approximate surface area is 114 Å². The number of hydrogen-bond donors (Lipinski definition) is 1. The minimum Gasteiger partial charge on any atom is -0.421 e. The Morgan fingerprint density at radius 2 is 1.89 bits per heavy atom. The summed E-state index contributed by atoms with van der Waals surface area (Å²) in [7, 11) is 0. The topological polar surface area (TPSA) is 51.0 Å². The van der Waals surface area contributed by atoms with E-state index < -0.39 is 0 Å². The van der Waals surface area contributed by atoms with Crippen molar-refractivity contribution in [3.05, 3.63) is 35.7 Å². The Morgan fingerprint density at radius 1 is 1.16 bits per heavy atom. The molecule has 0 saturated heterocycles. The summed E-state index contributed by atoms with van der Waals surface area (Å²) in [5, 5.41) is 11.6. The molecule has 2 aromatic rings. The summed E-state index contributed by atoms with van der Waals surface area (Å²) in [5.74, 6) is 1.31. The summed E-state index contributed by atoms with van der Waals surface area (Å²) in [5.41, 5.74) is 2.20. The second kappa shape index (κ2) is 6.48. The van der Waals surface area contributed by atoms with Crippen LogP contribution in [0.3, 0.4) is 0 Å². The lowest BCUT2D eigenvalue weighted by molar-refractivity contribution is 0.484. The molecular weight excluding hydrogens is 238 g/mol. The first-order chi connectivity index (χ1) is 9.15. The van der Waals surface area contributed by atoms with Crippen LogP contribution in [0.15, 0.2) is 28.7 Å². The molecule has 0 amide bonds. The zero-order valence-corrected chi connectivity index (χ0v) is 11.8. The smallest absolute Gasteiger partial charge is 0.247 e. The summed E-state index contributed by atoms with van der Waals surface area (Å²) in [6.45, 7) is 7.31. The molecule has 0 unspecified atom stereocenters. The van der Waals surface area contributed by atoms with Gasteiger partial charge in [-0.15, -0.1) is 10.2 Å². The minimum absolute atomic E-state index is 0.519. The Morgan fingerprint density at radius 3 is 2.58 bits per heavy atom. The average molecular weight is 259 g/mol. The zero-order chi connectivity index (χ0) is 13.7. The Balaban J connectivity index is 1.90. The monoisotopic (exact) mass is 259 g/mol. The lowest BCUT2D eigenvalue weighted by Gasteiger charge is -2.05. The summed E-state index contributed by atoms with van der Waals surface area (Å²) >= 11 is 0. The van der Waals surface area contributed by atoms with Gasteiger partial charge < -0.3 is 9.73 Å². The first-order valence-electron chi connectivity index (χ1n) is 6.78. The number of nitrogens with one attached hydrogen (secondary N) is 1. The largest absolute Gasteiger partial charge is 0.421 e. The molecule has 1 N–H and O–H groups in total. The van der Waals surface area contributed by atoms with Crippen LogP contribution in [0, 0.1) is 6.92 Å². The van der Waals surface area contributed by atoms with Crippen LogP contribution in [0.1, 0.15) is 31.7 Å². The fourth-order valence-electron chi connectivity index (χ4n) is 1.80. The maximum absolute atomic E-state index is 5.67. The van der Waals surface area contributed by atoms with E-state index in [1.807, 2.05) is 24.3 Å². The predicted molar refractivity (Wildman–Crippen MR) is 75.9 cm³/mol. The standard InChI is InChI=1S/C15H21N3O/c1-11(2)16-10-4-5-14-17-18-15(19-14)13-8-6-12(3)7-9-13/h6-9,11,16H,4-5,10H2,1-3H3. The van der Waals surface area contributed by atoms with Crippen molar-refractivity contribution in [1.82, 2.24) is 15.5 Å². The van der Waals surface area contributed by atoms with E-state index >= 15 is 0 Å². The summed E-state index contributed by atoms with van der Waals surface area (Å²) in [6, 6.07) is 8.63. The fraction of sp³-hybridized carbons (Fsp3) is 0.467. The van der Waals surface area contributed by atoms with E-state index in [2.05, 4.69) is 36.3 Å². The third kappa shape index (κ3) is 4.17. The first kappa shape index (κ1) is 13.7. The van der Waals surface area contributed by atoms with Gasteiger partial charge in [0.2, 0.25) is 11.8 Å². The third-order valence-corrected chi connectivity index (χ3v) is 2.89. The van der Waals surface area contributed by atoms with E-state index in [-0.39, 0.29) is 0 Å². The predicted octanol–water partition coefficient (Wildman–Crippen LogP) is 2.98. The Kier molecular flexibility index (Phi) is 4.68. The van der Waals surface area contributed by atoms with Gasteiger partial charge in [0.05, 0.1) is 0 Å². The molecule has 0 atom stereocenters. The van der Waals surface area contributed by atoms with Crippen LogP contribution in [0.25, 0.3) is 11.5 Å². The molecule has 1 heterocycles. The van der Waals surface area contributed by atoms with E-state index in [9.17, 15) is 0 Å². The lowest BCUT2D eigenvalue weighted by atomic mass is 10.1. The molecular formula is C15H21N3O. The second-order valence-corrected chi connectivity index (χ2v) is 5.08. The maximum atomic E-state index is 5.67. The van der Waals surface area contributed by atoms with E-state index in [1.165, 1.54) is 5.56 Å². The van der Waals surface area contributed by atoms with Crippen molar-refractivity contribution in [2.45, 2.75) is 39.7 Å². The highest BCUT2D eigenvalue weighted by Gasteiger charge is 2.07. The second-order valence-electron chi connectivity index (χ2n) is 5.08. The molecule has 0 spiro atoms. The number of aryl methyl sites for hydroxylation is 2. The Hall–Kier alpha value is -1.68. The molecule has 0 bridgehead atoms. The number of aromatic nitrogens is 2. The van der Waals surface area contributed by atoms with Crippen molar-refractivity contribution in [3.63, 3.8) is 0 Å². The van der Waals surface area contributed by atoms with Gasteiger partial charge in [0, 0.05) is 18.0 Å². The molecule has 4 nitrogen and oxygen atoms in total. The number of nitrogens with zero attached hydrogens (tertiary/aromatic N) is 2.